The highest BCUT2D eigenvalue weighted by Gasteiger charge is 2.20. The summed E-state index contributed by atoms with van der Waals surface area (Å²) in [4.78, 5) is 21.3. The maximum absolute atomic E-state index is 11.8. The minimum Gasteiger partial charge on any atom is -0.434 e. The van der Waals surface area contributed by atoms with Crippen molar-refractivity contribution >= 4 is 6.16 Å². The van der Waals surface area contributed by atoms with E-state index >= 15 is 0 Å². The molecule has 0 N–H and O–H groups in total. The number of carbonyl (C=O) groups excluding carboxylic acids is 1. The van der Waals surface area contributed by atoms with Gasteiger partial charge in [0.25, 0.3) is 0 Å². The highest BCUT2D eigenvalue weighted by molar-refractivity contribution is 5.65. The Morgan fingerprint density at radius 2 is 1.65 bits per heavy atom. The van der Waals surface area contributed by atoms with Crippen molar-refractivity contribution in [3.63, 3.8) is 0 Å². The fraction of sp³-hybridized carbons (Fsp3) is 0.621. The number of fused-ring (bicyclic) bond motifs is 1. The average molecular weight is 467 g/mol. The molecule has 1 aromatic carbocycles. The fourth-order valence-corrected chi connectivity index (χ4v) is 4.66. The summed E-state index contributed by atoms with van der Waals surface area (Å²) in [5, 5.41) is 0. The minimum atomic E-state index is -0.648. The molecule has 0 bridgehead atoms. The van der Waals surface area contributed by atoms with Crippen LogP contribution in [-0.2, 0) is 17.6 Å². The van der Waals surface area contributed by atoms with E-state index in [-0.39, 0.29) is 0 Å². The Morgan fingerprint density at radius 3 is 2.41 bits per heavy atom. The molecule has 1 heterocycles. The van der Waals surface area contributed by atoms with Crippen molar-refractivity contribution in [2.75, 3.05) is 6.61 Å². The second kappa shape index (κ2) is 14.7. The molecule has 0 aliphatic heterocycles. The molecule has 1 atom stereocenters. The molecule has 0 amide bonds. The van der Waals surface area contributed by atoms with Gasteiger partial charge < -0.3 is 9.47 Å². The van der Waals surface area contributed by atoms with Gasteiger partial charge in [-0.15, -0.1) is 0 Å². The molecular weight excluding hydrogens is 424 g/mol. The minimum absolute atomic E-state index is 0.402. The van der Waals surface area contributed by atoms with Crippen LogP contribution in [0.3, 0.4) is 0 Å². The van der Waals surface area contributed by atoms with E-state index in [0.717, 1.165) is 55.8 Å². The lowest BCUT2D eigenvalue weighted by atomic mass is 9.84. The number of ether oxygens (including phenoxy) is 2. The van der Waals surface area contributed by atoms with Crippen LogP contribution in [0.5, 0.6) is 5.75 Å². The number of rotatable bonds is 14. The van der Waals surface area contributed by atoms with Crippen LogP contribution in [0.25, 0.3) is 11.4 Å². The van der Waals surface area contributed by atoms with Gasteiger partial charge in [0.2, 0.25) is 0 Å². The van der Waals surface area contributed by atoms with Crippen molar-refractivity contribution in [2.45, 2.75) is 104 Å². The highest BCUT2D eigenvalue weighted by Crippen LogP contribution is 2.29. The van der Waals surface area contributed by atoms with E-state index in [4.69, 9.17) is 14.5 Å². The first-order valence-electron chi connectivity index (χ1n) is 13.5. The predicted octanol–water partition coefficient (Wildman–Crippen LogP) is 8.09. The van der Waals surface area contributed by atoms with Crippen molar-refractivity contribution in [3.05, 3.63) is 41.7 Å². The molecular formula is C29H42N2O3. The summed E-state index contributed by atoms with van der Waals surface area (Å²) in [6.45, 7) is 4.83. The van der Waals surface area contributed by atoms with Crippen LogP contribution in [-0.4, -0.2) is 22.7 Å². The Hall–Kier alpha value is -2.43. The monoisotopic (exact) mass is 466 g/mol. The first-order chi connectivity index (χ1) is 16.7. The van der Waals surface area contributed by atoms with E-state index < -0.39 is 6.16 Å². The Kier molecular flexibility index (Phi) is 11.4. The van der Waals surface area contributed by atoms with Crippen molar-refractivity contribution in [3.8, 4) is 17.1 Å². The number of aryl methyl sites for hydroxylation is 1. The smallest absolute Gasteiger partial charge is 0.434 e. The van der Waals surface area contributed by atoms with Gasteiger partial charge in [0.05, 0.1) is 6.61 Å². The molecule has 0 saturated heterocycles. The summed E-state index contributed by atoms with van der Waals surface area (Å²) in [6, 6.07) is 7.34. The highest BCUT2D eigenvalue weighted by atomic mass is 16.7. The zero-order valence-corrected chi connectivity index (χ0v) is 21.2. The molecule has 1 aromatic heterocycles. The Bertz CT molecular complexity index is 866. The summed E-state index contributed by atoms with van der Waals surface area (Å²) in [7, 11) is 0. The van der Waals surface area contributed by atoms with E-state index in [1.54, 1.807) is 12.1 Å². The molecule has 0 fully saturated rings. The van der Waals surface area contributed by atoms with Gasteiger partial charge in [-0.2, -0.15) is 0 Å². The van der Waals surface area contributed by atoms with E-state index in [1.165, 1.54) is 62.6 Å². The van der Waals surface area contributed by atoms with Gasteiger partial charge in [0, 0.05) is 17.5 Å². The summed E-state index contributed by atoms with van der Waals surface area (Å²) in [6.07, 6.45) is 18.5. The van der Waals surface area contributed by atoms with Gasteiger partial charge >= 0.3 is 6.16 Å². The Labute approximate surface area is 205 Å². The van der Waals surface area contributed by atoms with Gasteiger partial charge in [0.1, 0.15) is 5.75 Å². The number of carbonyl (C=O) groups is 1. The SMILES string of the molecule is CCCCCCCCC1CCc2nc(-c3ccc(OC(=O)OCCCCCC)cc3)ncc2C1. The molecule has 3 rings (SSSR count). The van der Waals surface area contributed by atoms with Crippen LogP contribution in [0, 0.1) is 5.92 Å². The third kappa shape index (κ3) is 8.73. The van der Waals surface area contributed by atoms with Crippen LogP contribution in [0.15, 0.2) is 30.5 Å². The average Bonchev–Trinajstić information content (AvgIpc) is 2.86. The number of hydrogen-bond donors (Lipinski definition) is 0. The molecule has 0 saturated carbocycles. The van der Waals surface area contributed by atoms with Crippen molar-refractivity contribution in [1.29, 1.82) is 0 Å². The molecule has 1 aliphatic carbocycles. The first kappa shape index (κ1) is 26.2. The number of benzene rings is 1. The van der Waals surface area contributed by atoms with E-state index in [1.807, 2.05) is 18.3 Å². The lowest BCUT2D eigenvalue weighted by Crippen LogP contribution is -2.16. The zero-order chi connectivity index (χ0) is 24.0. The maximum Gasteiger partial charge on any atom is 0.513 e. The second-order valence-corrected chi connectivity index (χ2v) is 9.62. The van der Waals surface area contributed by atoms with Gasteiger partial charge in [-0.1, -0.05) is 78.1 Å². The number of aromatic nitrogens is 2. The third-order valence-corrected chi connectivity index (χ3v) is 6.75. The quantitative estimate of drug-likeness (QED) is 0.160. The molecule has 0 spiro atoms. The lowest BCUT2D eigenvalue weighted by Gasteiger charge is -2.24. The van der Waals surface area contributed by atoms with Crippen molar-refractivity contribution in [1.82, 2.24) is 9.97 Å². The molecule has 1 unspecified atom stereocenters. The van der Waals surface area contributed by atoms with Gasteiger partial charge in [-0.3, -0.25) is 0 Å². The zero-order valence-electron chi connectivity index (χ0n) is 21.2. The maximum atomic E-state index is 11.8. The fourth-order valence-electron chi connectivity index (χ4n) is 4.66. The first-order valence-corrected chi connectivity index (χ1v) is 13.5. The number of nitrogens with zero attached hydrogens (tertiary/aromatic N) is 2. The third-order valence-electron chi connectivity index (χ3n) is 6.75. The standard InChI is InChI=1S/C29H42N2O3/c1-3-5-7-9-10-11-13-23-14-19-27-25(21-23)22-30-28(31-27)24-15-17-26(18-16-24)34-29(32)33-20-12-8-6-4-2/h15-18,22-23H,3-14,19-21H2,1-2H3. The molecule has 0 radical (unpaired) electrons. The normalized spacial score (nSPS) is 15.1. The number of unbranched alkanes of at least 4 members (excludes halogenated alkanes) is 8. The van der Waals surface area contributed by atoms with Crippen LogP contribution in [0.1, 0.15) is 102 Å². The molecule has 34 heavy (non-hydrogen) atoms. The Morgan fingerprint density at radius 1 is 0.941 bits per heavy atom. The van der Waals surface area contributed by atoms with Gasteiger partial charge in [0.15, 0.2) is 5.82 Å². The van der Waals surface area contributed by atoms with Crippen molar-refractivity contribution < 1.29 is 14.3 Å². The van der Waals surface area contributed by atoms with Gasteiger partial charge in [-0.25, -0.2) is 14.8 Å². The van der Waals surface area contributed by atoms with Gasteiger partial charge in [-0.05, 0) is 61.4 Å². The molecule has 2 aromatic rings. The van der Waals surface area contributed by atoms with Crippen molar-refractivity contribution in [2.24, 2.45) is 5.92 Å². The topological polar surface area (TPSA) is 61.3 Å². The van der Waals surface area contributed by atoms with E-state index in [9.17, 15) is 4.79 Å². The summed E-state index contributed by atoms with van der Waals surface area (Å²) in [5.41, 5.74) is 3.43. The molecule has 186 valence electrons. The van der Waals surface area contributed by atoms with E-state index in [0.29, 0.717) is 12.4 Å². The predicted molar refractivity (Wildman–Crippen MR) is 137 cm³/mol. The summed E-state index contributed by atoms with van der Waals surface area (Å²) in [5.74, 6) is 1.98. The van der Waals surface area contributed by atoms with E-state index in [2.05, 4.69) is 18.8 Å². The van der Waals surface area contributed by atoms with Crippen LogP contribution >= 0.6 is 0 Å². The van der Waals surface area contributed by atoms with Crippen LogP contribution in [0.2, 0.25) is 0 Å². The van der Waals surface area contributed by atoms with Crippen LogP contribution < -0.4 is 4.74 Å². The summed E-state index contributed by atoms with van der Waals surface area (Å²) < 4.78 is 10.4. The largest absolute Gasteiger partial charge is 0.513 e. The molecule has 1 aliphatic rings. The molecule has 5 nitrogen and oxygen atoms in total. The molecule has 5 heteroatoms. The Balaban J connectivity index is 1.45. The second-order valence-electron chi connectivity index (χ2n) is 9.62. The summed E-state index contributed by atoms with van der Waals surface area (Å²) >= 11 is 0. The number of hydrogen-bond acceptors (Lipinski definition) is 5. The van der Waals surface area contributed by atoms with Crippen LogP contribution in [0.4, 0.5) is 4.79 Å². The lowest BCUT2D eigenvalue weighted by molar-refractivity contribution is 0.0973.